The summed E-state index contributed by atoms with van der Waals surface area (Å²) < 4.78 is 24.7. The van der Waals surface area contributed by atoms with Gasteiger partial charge in [0, 0.05) is 18.7 Å². The summed E-state index contributed by atoms with van der Waals surface area (Å²) in [5.74, 6) is 1.42. The molecular formula is C17H18FNO2. The molecule has 2 aromatic carbocycles. The van der Waals surface area contributed by atoms with Crippen LogP contribution in [0.15, 0.2) is 42.5 Å². The summed E-state index contributed by atoms with van der Waals surface area (Å²) in [4.78, 5) is 2.07. The summed E-state index contributed by atoms with van der Waals surface area (Å²) in [5.41, 5.74) is 1.83. The fourth-order valence-corrected chi connectivity index (χ4v) is 2.47. The lowest BCUT2D eigenvalue weighted by molar-refractivity contribution is 0.171. The van der Waals surface area contributed by atoms with Crippen molar-refractivity contribution in [3.05, 3.63) is 59.4 Å². The van der Waals surface area contributed by atoms with E-state index >= 15 is 0 Å². The lowest BCUT2D eigenvalue weighted by Crippen LogP contribution is -2.19. The van der Waals surface area contributed by atoms with Crippen LogP contribution in [-0.4, -0.2) is 25.2 Å². The van der Waals surface area contributed by atoms with Crippen LogP contribution < -0.4 is 9.47 Å². The van der Waals surface area contributed by atoms with E-state index in [0.717, 1.165) is 23.6 Å². The first-order valence-electron chi connectivity index (χ1n) is 7.03. The van der Waals surface area contributed by atoms with Crippen molar-refractivity contribution in [1.82, 2.24) is 4.90 Å². The number of fused-ring (bicyclic) bond motifs is 1. The van der Waals surface area contributed by atoms with E-state index in [1.54, 1.807) is 6.07 Å². The average Bonchev–Trinajstić information content (AvgIpc) is 2.49. The Morgan fingerprint density at radius 3 is 2.57 bits per heavy atom. The number of halogens is 1. The van der Waals surface area contributed by atoms with Crippen molar-refractivity contribution in [1.29, 1.82) is 0 Å². The highest BCUT2D eigenvalue weighted by Gasteiger charge is 2.13. The Labute approximate surface area is 123 Å². The molecule has 0 unspecified atom stereocenters. The molecule has 3 rings (SSSR count). The van der Waals surface area contributed by atoms with E-state index < -0.39 is 0 Å². The minimum absolute atomic E-state index is 0.161. The highest BCUT2D eigenvalue weighted by Crippen LogP contribution is 2.31. The Morgan fingerprint density at radius 2 is 1.76 bits per heavy atom. The summed E-state index contributed by atoms with van der Waals surface area (Å²) in [5, 5.41) is 0. The van der Waals surface area contributed by atoms with Crippen molar-refractivity contribution in [3.63, 3.8) is 0 Å². The number of hydrogen-bond acceptors (Lipinski definition) is 3. The normalized spacial score (nSPS) is 13.5. The molecule has 1 heterocycles. The molecule has 0 N–H and O–H groups in total. The van der Waals surface area contributed by atoms with E-state index in [2.05, 4.69) is 4.90 Å². The van der Waals surface area contributed by atoms with Gasteiger partial charge in [0.25, 0.3) is 0 Å². The second-order valence-corrected chi connectivity index (χ2v) is 5.24. The van der Waals surface area contributed by atoms with E-state index in [0.29, 0.717) is 25.3 Å². The maximum atomic E-state index is 13.7. The van der Waals surface area contributed by atoms with Crippen LogP contribution in [0.1, 0.15) is 11.1 Å². The van der Waals surface area contributed by atoms with Gasteiger partial charge in [-0.15, -0.1) is 0 Å². The molecule has 1 aliphatic heterocycles. The van der Waals surface area contributed by atoms with Gasteiger partial charge in [-0.25, -0.2) is 4.39 Å². The molecule has 4 heteroatoms. The quantitative estimate of drug-likeness (QED) is 0.862. The third kappa shape index (κ3) is 3.34. The van der Waals surface area contributed by atoms with Crippen LogP contribution in [0, 0.1) is 5.82 Å². The molecule has 0 fully saturated rings. The molecule has 1 aliphatic rings. The smallest absolute Gasteiger partial charge is 0.161 e. The SMILES string of the molecule is CN(Cc1ccc2c(c1)OCCO2)Cc1ccccc1F. The molecule has 0 aromatic heterocycles. The van der Waals surface area contributed by atoms with Crippen LogP contribution in [0.25, 0.3) is 0 Å². The molecule has 3 nitrogen and oxygen atoms in total. The summed E-state index contributed by atoms with van der Waals surface area (Å²) in [6.45, 7) is 2.48. The van der Waals surface area contributed by atoms with Crippen LogP contribution in [0.3, 0.4) is 0 Å². The monoisotopic (exact) mass is 287 g/mol. The Balaban J connectivity index is 1.67. The van der Waals surface area contributed by atoms with Gasteiger partial charge < -0.3 is 9.47 Å². The van der Waals surface area contributed by atoms with Crippen LogP contribution >= 0.6 is 0 Å². The van der Waals surface area contributed by atoms with Crippen molar-refractivity contribution in [3.8, 4) is 11.5 Å². The molecule has 0 saturated heterocycles. The van der Waals surface area contributed by atoms with Gasteiger partial charge in [0.2, 0.25) is 0 Å². The fraction of sp³-hybridized carbons (Fsp3) is 0.294. The van der Waals surface area contributed by atoms with Crippen LogP contribution in [0.2, 0.25) is 0 Å². The maximum Gasteiger partial charge on any atom is 0.161 e. The molecule has 0 amide bonds. The van der Waals surface area contributed by atoms with Crippen molar-refractivity contribution in [2.24, 2.45) is 0 Å². The number of ether oxygens (including phenoxy) is 2. The zero-order valence-corrected chi connectivity index (χ0v) is 12.0. The minimum atomic E-state index is -0.161. The van der Waals surface area contributed by atoms with Crippen molar-refractivity contribution in [2.45, 2.75) is 13.1 Å². The zero-order chi connectivity index (χ0) is 14.7. The van der Waals surface area contributed by atoms with Gasteiger partial charge in [0.15, 0.2) is 11.5 Å². The molecule has 0 bridgehead atoms. The Kier molecular flexibility index (Phi) is 4.06. The first kappa shape index (κ1) is 13.9. The number of hydrogen-bond donors (Lipinski definition) is 0. The summed E-state index contributed by atoms with van der Waals surface area (Å²) in [7, 11) is 1.98. The lowest BCUT2D eigenvalue weighted by Gasteiger charge is -2.21. The molecule has 0 radical (unpaired) electrons. The minimum Gasteiger partial charge on any atom is -0.486 e. The molecule has 0 saturated carbocycles. The van der Waals surface area contributed by atoms with E-state index in [1.807, 2.05) is 37.4 Å². The molecule has 0 spiro atoms. The van der Waals surface area contributed by atoms with Gasteiger partial charge in [-0.3, -0.25) is 4.90 Å². The highest BCUT2D eigenvalue weighted by molar-refractivity contribution is 5.43. The molecule has 2 aromatic rings. The van der Waals surface area contributed by atoms with E-state index in [4.69, 9.17) is 9.47 Å². The van der Waals surface area contributed by atoms with Gasteiger partial charge in [0.1, 0.15) is 19.0 Å². The van der Waals surface area contributed by atoms with Gasteiger partial charge in [-0.1, -0.05) is 24.3 Å². The van der Waals surface area contributed by atoms with Crippen LogP contribution in [0.5, 0.6) is 11.5 Å². The Bertz CT molecular complexity index is 630. The van der Waals surface area contributed by atoms with Crippen LogP contribution in [-0.2, 0) is 13.1 Å². The third-order valence-electron chi connectivity index (χ3n) is 3.46. The predicted molar refractivity (Wildman–Crippen MR) is 79.0 cm³/mol. The van der Waals surface area contributed by atoms with E-state index in [-0.39, 0.29) is 5.82 Å². The van der Waals surface area contributed by atoms with Gasteiger partial charge in [-0.05, 0) is 30.8 Å². The topological polar surface area (TPSA) is 21.7 Å². The largest absolute Gasteiger partial charge is 0.486 e. The Morgan fingerprint density at radius 1 is 1.00 bits per heavy atom. The average molecular weight is 287 g/mol. The Hall–Kier alpha value is -2.07. The van der Waals surface area contributed by atoms with Gasteiger partial charge in [-0.2, -0.15) is 0 Å². The summed E-state index contributed by atoms with van der Waals surface area (Å²) in [6.07, 6.45) is 0. The van der Waals surface area contributed by atoms with Gasteiger partial charge in [0.05, 0.1) is 0 Å². The third-order valence-corrected chi connectivity index (χ3v) is 3.46. The van der Waals surface area contributed by atoms with E-state index in [9.17, 15) is 4.39 Å². The first-order valence-corrected chi connectivity index (χ1v) is 7.03. The molecule has 0 atom stereocenters. The number of benzene rings is 2. The zero-order valence-electron chi connectivity index (χ0n) is 12.0. The van der Waals surface area contributed by atoms with Crippen LogP contribution in [0.4, 0.5) is 4.39 Å². The molecular weight excluding hydrogens is 269 g/mol. The number of rotatable bonds is 4. The standard InChI is InChI=1S/C17H18FNO2/c1-19(12-14-4-2-3-5-15(14)18)11-13-6-7-16-17(10-13)21-9-8-20-16/h2-7,10H,8-9,11-12H2,1H3. The van der Waals surface area contributed by atoms with Crippen molar-refractivity contribution >= 4 is 0 Å². The number of nitrogens with zero attached hydrogens (tertiary/aromatic N) is 1. The molecule has 0 aliphatic carbocycles. The highest BCUT2D eigenvalue weighted by atomic mass is 19.1. The second-order valence-electron chi connectivity index (χ2n) is 5.24. The lowest BCUT2D eigenvalue weighted by atomic mass is 10.1. The van der Waals surface area contributed by atoms with Crippen molar-refractivity contribution < 1.29 is 13.9 Å². The van der Waals surface area contributed by atoms with Gasteiger partial charge >= 0.3 is 0 Å². The fourth-order valence-electron chi connectivity index (χ4n) is 2.47. The first-order chi connectivity index (χ1) is 10.2. The van der Waals surface area contributed by atoms with E-state index in [1.165, 1.54) is 6.07 Å². The summed E-state index contributed by atoms with van der Waals surface area (Å²) in [6, 6.07) is 12.8. The molecule has 21 heavy (non-hydrogen) atoms. The maximum absolute atomic E-state index is 13.7. The summed E-state index contributed by atoms with van der Waals surface area (Å²) >= 11 is 0. The van der Waals surface area contributed by atoms with Crippen molar-refractivity contribution in [2.75, 3.05) is 20.3 Å². The molecule has 110 valence electrons. The second kappa shape index (κ2) is 6.14. The predicted octanol–water partition coefficient (Wildman–Crippen LogP) is 3.23.